The van der Waals surface area contributed by atoms with Gasteiger partial charge in [-0.3, -0.25) is 9.59 Å². The van der Waals surface area contributed by atoms with E-state index in [2.05, 4.69) is 19.1 Å². The Labute approximate surface area is 149 Å². The zero-order valence-electron chi connectivity index (χ0n) is 14.6. The van der Waals surface area contributed by atoms with E-state index in [0.29, 0.717) is 38.2 Å². The molecule has 4 heteroatoms. The normalized spacial score (nSPS) is 15.7. The van der Waals surface area contributed by atoms with Gasteiger partial charge in [-0.1, -0.05) is 55.5 Å². The zero-order valence-corrected chi connectivity index (χ0v) is 14.6. The number of nitrogens with zero attached hydrogens (tertiary/aromatic N) is 2. The van der Waals surface area contributed by atoms with Gasteiger partial charge in [-0.05, 0) is 23.6 Å². The molecule has 3 rings (SSSR count). The van der Waals surface area contributed by atoms with Gasteiger partial charge in [-0.2, -0.15) is 0 Å². The summed E-state index contributed by atoms with van der Waals surface area (Å²) in [7, 11) is 0. The summed E-state index contributed by atoms with van der Waals surface area (Å²) in [5, 5.41) is 0. The minimum atomic E-state index is 0.0466. The topological polar surface area (TPSA) is 40.6 Å². The number of carbonyl (C=O) groups is 2. The molecule has 0 aliphatic carbocycles. The molecule has 1 atom stereocenters. The molecule has 0 N–H and O–H groups in total. The first kappa shape index (κ1) is 17.2. The maximum atomic E-state index is 12.6. The molecule has 0 aromatic heterocycles. The zero-order chi connectivity index (χ0) is 17.6. The lowest BCUT2D eigenvalue weighted by Gasteiger charge is -2.35. The van der Waals surface area contributed by atoms with Crippen molar-refractivity contribution in [3.63, 3.8) is 0 Å². The maximum absolute atomic E-state index is 12.6. The molecule has 25 heavy (non-hydrogen) atoms. The van der Waals surface area contributed by atoms with E-state index in [9.17, 15) is 9.59 Å². The van der Waals surface area contributed by atoms with Gasteiger partial charge in [0.1, 0.15) is 0 Å². The Morgan fingerprint density at radius 3 is 1.96 bits per heavy atom. The van der Waals surface area contributed by atoms with Crippen LogP contribution in [0.1, 0.15) is 35.2 Å². The summed E-state index contributed by atoms with van der Waals surface area (Å²) in [6.07, 6.45) is 0.511. The van der Waals surface area contributed by atoms with Crippen molar-refractivity contribution in [2.24, 2.45) is 0 Å². The first-order valence-corrected chi connectivity index (χ1v) is 8.82. The second-order valence-electron chi connectivity index (χ2n) is 6.55. The molecule has 1 aliphatic heterocycles. The van der Waals surface area contributed by atoms with Gasteiger partial charge in [0.15, 0.2) is 0 Å². The Hall–Kier alpha value is -2.62. The molecule has 1 heterocycles. The first-order valence-electron chi connectivity index (χ1n) is 8.82. The van der Waals surface area contributed by atoms with E-state index in [4.69, 9.17) is 0 Å². The van der Waals surface area contributed by atoms with Crippen molar-refractivity contribution in [2.45, 2.75) is 19.3 Å². The fraction of sp³-hybridized carbons (Fsp3) is 0.333. The number of carbonyl (C=O) groups excluding carboxylic acids is 2. The van der Waals surface area contributed by atoms with Crippen LogP contribution in [0.2, 0.25) is 0 Å². The van der Waals surface area contributed by atoms with E-state index in [1.165, 1.54) is 5.56 Å². The quantitative estimate of drug-likeness (QED) is 0.860. The molecule has 2 aromatic rings. The van der Waals surface area contributed by atoms with E-state index in [1.54, 1.807) is 0 Å². The van der Waals surface area contributed by atoms with Crippen molar-refractivity contribution >= 4 is 11.8 Å². The maximum Gasteiger partial charge on any atom is 0.253 e. The Morgan fingerprint density at radius 2 is 1.36 bits per heavy atom. The van der Waals surface area contributed by atoms with Crippen LogP contribution in [0.4, 0.5) is 0 Å². The number of piperazine rings is 1. The van der Waals surface area contributed by atoms with Crippen LogP contribution >= 0.6 is 0 Å². The molecular formula is C21H24N2O2. The van der Waals surface area contributed by atoms with E-state index in [1.807, 2.05) is 58.3 Å². The molecule has 4 nitrogen and oxygen atoms in total. The fourth-order valence-corrected chi connectivity index (χ4v) is 3.21. The third kappa shape index (κ3) is 4.27. The van der Waals surface area contributed by atoms with Crippen molar-refractivity contribution in [3.05, 3.63) is 71.8 Å². The lowest BCUT2D eigenvalue weighted by atomic mass is 9.97. The number of benzene rings is 2. The van der Waals surface area contributed by atoms with Gasteiger partial charge in [0, 0.05) is 38.2 Å². The van der Waals surface area contributed by atoms with Gasteiger partial charge in [0.25, 0.3) is 5.91 Å². The molecule has 0 unspecified atom stereocenters. The molecule has 2 amide bonds. The third-order valence-electron chi connectivity index (χ3n) is 4.79. The Kier molecular flexibility index (Phi) is 5.49. The highest BCUT2D eigenvalue weighted by Gasteiger charge is 2.25. The first-order chi connectivity index (χ1) is 12.1. The van der Waals surface area contributed by atoms with Crippen molar-refractivity contribution in [2.75, 3.05) is 26.2 Å². The van der Waals surface area contributed by atoms with Crippen LogP contribution in [0.15, 0.2) is 60.7 Å². The second-order valence-corrected chi connectivity index (χ2v) is 6.55. The van der Waals surface area contributed by atoms with Crippen LogP contribution in [0.5, 0.6) is 0 Å². The Bertz CT molecular complexity index is 707. The molecule has 1 fully saturated rings. The number of hydrogen-bond donors (Lipinski definition) is 0. The van der Waals surface area contributed by atoms with E-state index in [0.717, 1.165) is 0 Å². The van der Waals surface area contributed by atoms with Gasteiger partial charge in [-0.15, -0.1) is 0 Å². The van der Waals surface area contributed by atoms with Gasteiger partial charge in [0.2, 0.25) is 5.91 Å². The van der Waals surface area contributed by atoms with Gasteiger partial charge >= 0.3 is 0 Å². The Balaban J connectivity index is 1.52. The molecule has 0 spiro atoms. The van der Waals surface area contributed by atoms with Gasteiger partial charge < -0.3 is 9.80 Å². The molecular weight excluding hydrogens is 312 g/mol. The molecule has 1 aliphatic rings. The van der Waals surface area contributed by atoms with Crippen LogP contribution in [-0.4, -0.2) is 47.8 Å². The minimum absolute atomic E-state index is 0.0466. The Morgan fingerprint density at radius 1 is 0.840 bits per heavy atom. The minimum Gasteiger partial charge on any atom is -0.339 e. The van der Waals surface area contributed by atoms with Crippen LogP contribution in [-0.2, 0) is 4.79 Å². The summed E-state index contributed by atoms with van der Waals surface area (Å²) in [6.45, 7) is 4.50. The standard InChI is InChI=1S/C21H24N2O2/c1-17(18-8-4-2-5-9-18)16-20(24)22-12-14-23(15-13-22)21(25)19-10-6-3-7-11-19/h2-11,17H,12-16H2,1H3/t17-/m1/s1. The highest BCUT2D eigenvalue weighted by molar-refractivity contribution is 5.94. The van der Waals surface area contributed by atoms with Crippen molar-refractivity contribution < 1.29 is 9.59 Å². The third-order valence-corrected chi connectivity index (χ3v) is 4.79. The fourth-order valence-electron chi connectivity index (χ4n) is 3.21. The molecule has 0 radical (unpaired) electrons. The molecule has 130 valence electrons. The van der Waals surface area contributed by atoms with Crippen molar-refractivity contribution in [1.29, 1.82) is 0 Å². The predicted molar refractivity (Wildman–Crippen MR) is 98.4 cm³/mol. The highest BCUT2D eigenvalue weighted by atomic mass is 16.2. The summed E-state index contributed by atoms with van der Waals surface area (Å²) in [4.78, 5) is 28.7. The summed E-state index contributed by atoms with van der Waals surface area (Å²) >= 11 is 0. The van der Waals surface area contributed by atoms with Crippen LogP contribution in [0, 0.1) is 0 Å². The highest BCUT2D eigenvalue weighted by Crippen LogP contribution is 2.20. The average Bonchev–Trinajstić information content (AvgIpc) is 2.69. The van der Waals surface area contributed by atoms with Crippen LogP contribution in [0.25, 0.3) is 0 Å². The second kappa shape index (κ2) is 7.97. The number of rotatable bonds is 4. The number of hydrogen-bond acceptors (Lipinski definition) is 2. The summed E-state index contributed by atoms with van der Waals surface area (Å²) in [6, 6.07) is 19.4. The largest absolute Gasteiger partial charge is 0.339 e. The summed E-state index contributed by atoms with van der Waals surface area (Å²) in [5.41, 5.74) is 1.90. The molecule has 1 saturated heterocycles. The summed E-state index contributed by atoms with van der Waals surface area (Å²) < 4.78 is 0. The van der Waals surface area contributed by atoms with Crippen molar-refractivity contribution in [1.82, 2.24) is 9.80 Å². The molecule has 2 aromatic carbocycles. The predicted octanol–water partition coefficient (Wildman–Crippen LogP) is 3.16. The summed E-state index contributed by atoms with van der Waals surface area (Å²) in [5.74, 6) is 0.422. The van der Waals surface area contributed by atoms with E-state index < -0.39 is 0 Å². The van der Waals surface area contributed by atoms with E-state index in [-0.39, 0.29) is 17.7 Å². The smallest absolute Gasteiger partial charge is 0.253 e. The SMILES string of the molecule is C[C@H](CC(=O)N1CCN(C(=O)c2ccccc2)CC1)c1ccccc1. The van der Waals surface area contributed by atoms with Crippen LogP contribution in [0.3, 0.4) is 0 Å². The van der Waals surface area contributed by atoms with Crippen molar-refractivity contribution in [3.8, 4) is 0 Å². The molecule has 0 bridgehead atoms. The van der Waals surface area contributed by atoms with Gasteiger partial charge in [-0.25, -0.2) is 0 Å². The van der Waals surface area contributed by atoms with E-state index >= 15 is 0 Å². The monoisotopic (exact) mass is 336 g/mol. The lowest BCUT2D eigenvalue weighted by Crippen LogP contribution is -2.50. The lowest BCUT2D eigenvalue weighted by molar-refractivity contribution is -0.133. The molecule has 0 saturated carbocycles. The van der Waals surface area contributed by atoms with Crippen LogP contribution < -0.4 is 0 Å². The average molecular weight is 336 g/mol. The van der Waals surface area contributed by atoms with Gasteiger partial charge in [0.05, 0.1) is 0 Å². The number of amides is 2.